The van der Waals surface area contributed by atoms with E-state index in [-0.39, 0.29) is 24.6 Å². The first kappa shape index (κ1) is 15.0. The molecule has 1 heterocycles. The van der Waals surface area contributed by atoms with E-state index in [2.05, 4.69) is 11.8 Å². The van der Waals surface area contributed by atoms with Crippen molar-refractivity contribution in [2.24, 2.45) is 0 Å². The maximum Gasteiger partial charge on any atom is 0.255 e. The molecule has 2 rings (SSSR count). The van der Waals surface area contributed by atoms with E-state index in [1.165, 1.54) is 17.0 Å². The average molecular weight is 290 g/mol. The van der Waals surface area contributed by atoms with E-state index in [9.17, 15) is 14.0 Å². The zero-order valence-electron chi connectivity index (χ0n) is 11.6. The van der Waals surface area contributed by atoms with Gasteiger partial charge in [-0.1, -0.05) is 11.8 Å². The number of hydrogen-bond acceptors (Lipinski definition) is 3. The molecule has 0 aromatic heterocycles. The van der Waals surface area contributed by atoms with Gasteiger partial charge in [0.15, 0.2) is 0 Å². The van der Waals surface area contributed by atoms with Crippen molar-refractivity contribution in [2.75, 3.05) is 33.3 Å². The minimum atomic E-state index is -0.548. The number of aliphatic hydroxyl groups excluding tert-OH is 1. The first-order valence-corrected chi connectivity index (χ1v) is 6.45. The van der Waals surface area contributed by atoms with Gasteiger partial charge in [-0.25, -0.2) is 4.39 Å². The lowest BCUT2D eigenvalue weighted by Crippen LogP contribution is -2.50. The van der Waals surface area contributed by atoms with Crippen molar-refractivity contribution >= 4 is 11.8 Å². The normalized spacial score (nSPS) is 14.7. The molecule has 6 heteroatoms. The zero-order valence-corrected chi connectivity index (χ0v) is 11.6. The van der Waals surface area contributed by atoms with Crippen LogP contribution < -0.4 is 0 Å². The van der Waals surface area contributed by atoms with Gasteiger partial charge in [-0.15, -0.1) is 0 Å². The summed E-state index contributed by atoms with van der Waals surface area (Å²) < 4.78 is 13.4. The van der Waals surface area contributed by atoms with Crippen LogP contribution in [0.3, 0.4) is 0 Å². The predicted octanol–water partition coefficient (Wildman–Crippen LogP) is 0.0837. The number of halogens is 1. The van der Waals surface area contributed by atoms with Crippen LogP contribution in [0, 0.1) is 17.7 Å². The van der Waals surface area contributed by atoms with E-state index < -0.39 is 11.7 Å². The maximum absolute atomic E-state index is 13.4. The highest BCUT2D eigenvalue weighted by atomic mass is 19.1. The average Bonchev–Trinajstić information content (AvgIpc) is 2.48. The fourth-order valence-electron chi connectivity index (χ4n) is 2.04. The predicted molar refractivity (Wildman–Crippen MR) is 73.9 cm³/mol. The maximum atomic E-state index is 13.4. The van der Waals surface area contributed by atoms with Crippen LogP contribution in [-0.4, -0.2) is 60.0 Å². The van der Waals surface area contributed by atoms with E-state index >= 15 is 0 Å². The summed E-state index contributed by atoms with van der Waals surface area (Å²) in [6, 6.07) is 3.70. The van der Waals surface area contributed by atoms with Gasteiger partial charge in [-0.05, 0) is 18.2 Å². The number of hydrogen-bond donors (Lipinski definition) is 1. The van der Waals surface area contributed by atoms with Crippen LogP contribution >= 0.6 is 0 Å². The van der Waals surface area contributed by atoms with Gasteiger partial charge >= 0.3 is 0 Å². The number of rotatable bonds is 1. The Morgan fingerprint density at radius 3 is 2.86 bits per heavy atom. The Morgan fingerprint density at radius 2 is 2.19 bits per heavy atom. The fourth-order valence-corrected chi connectivity index (χ4v) is 2.04. The molecule has 1 fully saturated rings. The van der Waals surface area contributed by atoms with Gasteiger partial charge < -0.3 is 14.9 Å². The number of carbonyl (C=O) groups excluding carboxylic acids is 2. The number of carbonyl (C=O) groups is 2. The van der Waals surface area contributed by atoms with Gasteiger partial charge in [0.2, 0.25) is 5.91 Å². The SMILES string of the molecule is CN1CCN(C(=O)c2cc(F)ccc2C#CCO)CC1=O. The molecule has 0 unspecified atom stereocenters. The molecule has 1 aromatic rings. The van der Waals surface area contributed by atoms with Gasteiger partial charge in [0, 0.05) is 25.7 Å². The van der Waals surface area contributed by atoms with E-state index in [4.69, 9.17) is 5.11 Å². The lowest BCUT2D eigenvalue weighted by Gasteiger charge is -2.32. The Bertz CT molecular complexity index is 634. The Kier molecular flexibility index (Phi) is 4.55. The molecule has 2 amide bonds. The molecule has 1 aliphatic rings. The van der Waals surface area contributed by atoms with Crippen molar-refractivity contribution in [1.29, 1.82) is 0 Å². The second-order valence-corrected chi connectivity index (χ2v) is 4.69. The topological polar surface area (TPSA) is 60.9 Å². The summed E-state index contributed by atoms with van der Waals surface area (Å²) in [4.78, 5) is 27.0. The third-order valence-corrected chi connectivity index (χ3v) is 3.26. The Balaban J connectivity index is 2.30. The van der Waals surface area contributed by atoms with E-state index in [1.54, 1.807) is 11.9 Å². The Hall–Kier alpha value is -2.39. The van der Waals surface area contributed by atoms with Crippen molar-refractivity contribution in [1.82, 2.24) is 9.80 Å². The summed E-state index contributed by atoms with van der Waals surface area (Å²) in [6.45, 7) is 0.457. The highest BCUT2D eigenvalue weighted by molar-refractivity contribution is 5.99. The monoisotopic (exact) mass is 290 g/mol. The first-order valence-electron chi connectivity index (χ1n) is 6.45. The Morgan fingerprint density at radius 1 is 1.43 bits per heavy atom. The molecule has 0 radical (unpaired) electrons. The van der Waals surface area contributed by atoms with Crippen LogP contribution in [0.15, 0.2) is 18.2 Å². The molecule has 1 saturated heterocycles. The van der Waals surface area contributed by atoms with Gasteiger partial charge in [-0.2, -0.15) is 0 Å². The Labute approximate surface area is 122 Å². The molecule has 0 bridgehead atoms. The van der Waals surface area contributed by atoms with Crippen LogP contribution in [0.4, 0.5) is 4.39 Å². The lowest BCUT2D eigenvalue weighted by atomic mass is 10.1. The van der Waals surface area contributed by atoms with Crippen molar-refractivity contribution in [3.8, 4) is 11.8 Å². The smallest absolute Gasteiger partial charge is 0.255 e. The van der Waals surface area contributed by atoms with Crippen LogP contribution in [0.1, 0.15) is 15.9 Å². The molecule has 1 aromatic carbocycles. The van der Waals surface area contributed by atoms with Gasteiger partial charge in [0.1, 0.15) is 19.0 Å². The molecule has 0 saturated carbocycles. The van der Waals surface area contributed by atoms with E-state index in [0.717, 1.165) is 6.07 Å². The number of likely N-dealkylation sites (N-methyl/N-ethyl adjacent to an activating group) is 1. The zero-order chi connectivity index (χ0) is 15.4. The molecular weight excluding hydrogens is 275 g/mol. The number of piperazine rings is 1. The van der Waals surface area contributed by atoms with E-state index in [0.29, 0.717) is 18.7 Å². The van der Waals surface area contributed by atoms with Gasteiger partial charge in [0.25, 0.3) is 5.91 Å². The molecule has 0 spiro atoms. The van der Waals surface area contributed by atoms with Crippen LogP contribution in [-0.2, 0) is 4.79 Å². The molecule has 21 heavy (non-hydrogen) atoms. The van der Waals surface area contributed by atoms with Crippen molar-refractivity contribution in [3.63, 3.8) is 0 Å². The summed E-state index contributed by atoms with van der Waals surface area (Å²) in [5, 5.41) is 8.73. The first-order chi connectivity index (χ1) is 10.0. The standard InChI is InChI=1S/C15H15FN2O3/c1-17-6-7-18(10-14(17)20)15(21)13-9-12(16)5-4-11(13)3-2-8-19/h4-5,9,19H,6-8,10H2,1H3. The van der Waals surface area contributed by atoms with Crippen molar-refractivity contribution in [3.05, 3.63) is 35.1 Å². The summed E-state index contributed by atoms with van der Waals surface area (Å²) in [7, 11) is 1.67. The highest BCUT2D eigenvalue weighted by Gasteiger charge is 2.26. The quantitative estimate of drug-likeness (QED) is 0.745. The summed E-state index contributed by atoms with van der Waals surface area (Å²) in [6.07, 6.45) is 0. The van der Waals surface area contributed by atoms with Gasteiger partial charge in [0.05, 0.1) is 5.56 Å². The minimum absolute atomic E-state index is 0.0291. The second kappa shape index (κ2) is 6.37. The largest absolute Gasteiger partial charge is 0.384 e. The number of amides is 2. The molecule has 1 N–H and O–H groups in total. The number of aliphatic hydroxyl groups is 1. The molecule has 0 aliphatic carbocycles. The van der Waals surface area contributed by atoms with Crippen molar-refractivity contribution < 1.29 is 19.1 Å². The second-order valence-electron chi connectivity index (χ2n) is 4.69. The molecule has 110 valence electrons. The third kappa shape index (κ3) is 3.38. The summed E-state index contributed by atoms with van der Waals surface area (Å²) in [5.74, 6) is 3.92. The van der Waals surface area contributed by atoms with Crippen molar-refractivity contribution in [2.45, 2.75) is 0 Å². The molecule has 1 aliphatic heterocycles. The molecular formula is C15H15FN2O3. The van der Waals surface area contributed by atoms with Crippen LogP contribution in [0.5, 0.6) is 0 Å². The minimum Gasteiger partial charge on any atom is -0.384 e. The molecule has 0 atom stereocenters. The highest BCUT2D eigenvalue weighted by Crippen LogP contribution is 2.15. The van der Waals surface area contributed by atoms with Crippen LogP contribution in [0.25, 0.3) is 0 Å². The number of nitrogens with zero attached hydrogens (tertiary/aromatic N) is 2. The van der Waals surface area contributed by atoms with Crippen LogP contribution in [0.2, 0.25) is 0 Å². The third-order valence-electron chi connectivity index (χ3n) is 3.26. The summed E-state index contributed by atoms with van der Waals surface area (Å²) in [5.41, 5.74) is 0.440. The fraction of sp³-hybridized carbons (Fsp3) is 0.333. The number of benzene rings is 1. The van der Waals surface area contributed by atoms with Gasteiger partial charge in [-0.3, -0.25) is 9.59 Å². The summed E-state index contributed by atoms with van der Waals surface area (Å²) >= 11 is 0. The van der Waals surface area contributed by atoms with E-state index in [1.807, 2.05) is 0 Å². The lowest BCUT2D eigenvalue weighted by molar-refractivity contribution is -0.133. The molecule has 5 nitrogen and oxygen atoms in total.